The molecule has 1 heterocycles. The van der Waals surface area contributed by atoms with Crippen LogP contribution in [0.5, 0.6) is 5.75 Å². The highest BCUT2D eigenvalue weighted by Crippen LogP contribution is 2.22. The van der Waals surface area contributed by atoms with E-state index in [9.17, 15) is 14.3 Å². The summed E-state index contributed by atoms with van der Waals surface area (Å²) in [4.78, 5) is 12.4. The molecular formula is C18H22FN3O3. The fourth-order valence-electron chi connectivity index (χ4n) is 2.48. The lowest BCUT2D eigenvalue weighted by molar-refractivity contribution is -0.137. The average molecular weight is 347 g/mol. The number of nitrogens with zero attached hydrogens (tertiary/aromatic N) is 3. The number of rotatable bonds is 9. The smallest absolute Gasteiger partial charge is 0.303 e. The zero-order valence-electron chi connectivity index (χ0n) is 14.2. The Bertz CT molecular complexity index is 707. The minimum absolute atomic E-state index is 0.0443. The number of halogens is 1. The van der Waals surface area contributed by atoms with E-state index in [0.29, 0.717) is 37.3 Å². The summed E-state index contributed by atoms with van der Waals surface area (Å²) in [6.07, 6.45) is 2.19. The third-order valence-electron chi connectivity index (χ3n) is 3.89. The van der Waals surface area contributed by atoms with Crippen LogP contribution in [0.3, 0.4) is 0 Å². The third kappa shape index (κ3) is 5.70. The number of aryl methyl sites for hydroxylation is 1. The van der Waals surface area contributed by atoms with Crippen molar-refractivity contribution in [1.82, 2.24) is 10.2 Å². The third-order valence-corrected chi connectivity index (χ3v) is 3.89. The Morgan fingerprint density at radius 2 is 2.00 bits per heavy atom. The van der Waals surface area contributed by atoms with Gasteiger partial charge in [0.2, 0.25) is 0 Å². The van der Waals surface area contributed by atoms with Crippen LogP contribution in [-0.4, -0.2) is 32.9 Å². The van der Waals surface area contributed by atoms with Crippen molar-refractivity contribution in [2.45, 2.75) is 39.2 Å². The maximum absolute atomic E-state index is 13.4. The molecule has 0 amide bonds. The van der Waals surface area contributed by atoms with Crippen molar-refractivity contribution in [1.29, 1.82) is 0 Å². The molecule has 6 nitrogen and oxygen atoms in total. The number of anilines is 1. The lowest BCUT2D eigenvalue weighted by Gasteiger charge is -2.22. The Kier molecular flexibility index (Phi) is 6.68. The predicted octanol–water partition coefficient (Wildman–Crippen LogP) is 3.15. The van der Waals surface area contributed by atoms with Crippen molar-refractivity contribution < 1.29 is 19.4 Å². The highest BCUT2D eigenvalue weighted by Gasteiger charge is 2.11. The number of hydrogen-bond donors (Lipinski definition) is 2. The van der Waals surface area contributed by atoms with Crippen molar-refractivity contribution in [3.05, 3.63) is 47.4 Å². The van der Waals surface area contributed by atoms with Crippen LogP contribution in [0.25, 0.3) is 0 Å². The van der Waals surface area contributed by atoms with E-state index in [-0.39, 0.29) is 12.2 Å². The number of aromatic nitrogens is 2. The summed E-state index contributed by atoms with van der Waals surface area (Å²) in [5.41, 5.74) is 1.29. The van der Waals surface area contributed by atoms with Gasteiger partial charge in [-0.3, -0.25) is 4.79 Å². The number of benzene rings is 1. The number of hydrogen-bond acceptors (Lipinski definition) is 5. The maximum Gasteiger partial charge on any atom is 0.303 e. The van der Waals surface area contributed by atoms with Crippen molar-refractivity contribution in [3.8, 4) is 5.75 Å². The molecule has 2 rings (SSSR count). The lowest BCUT2D eigenvalue weighted by Crippen LogP contribution is -2.23. The van der Waals surface area contributed by atoms with E-state index in [1.165, 1.54) is 18.2 Å². The topological polar surface area (TPSA) is 86.5 Å². The summed E-state index contributed by atoms with van der Waals surface area (Å²) in [6.45, 7) is 2.90. The molecule has 2 aromatic rings. The molecule has 0 atom stereocenters. The van der Waals surface area contributed by atoms with Gasteiger partial charge in [0.05, 0.1) is 5.69 Å². The van der Waals surface area contributed by atoms with Crippen molar-refractivity contribution in [3.63, 3.8) is 0 Å². The van der Waals surface area contributed by atoms with Gasteiger partial charge in [0.1, 0.15) is 11.6 Å². The second kappa shape index (κ2) is 8.96. The number of carbonyl (C=O) groups is 1. The highest BCUT2D eigenvalue weighted by molar-refractivity contribution is 5.66. The molecule has 2 N–H and O–H groups in total. The minimum Gasteiger partial charge on any atom is -0.508 e. The standard InChI is InChI=1S/C18H22FN3O3/c1-2-22(12-13-11-14(19)7-9-16(13)23)17-10-8-15(20-21-17)5-3-4-6-18(24)25/h7-11,23H,2-6,12H2,1H3,(H,24,25). The van der Waals surface area contributed by atoms with E-state index >= 15 is 0 Å². The number of aliphatic carboxylic acids is 1. The molecule has 0 saturated heterocycles. The maximum atomic E-state index is 13.4. The first-order valence-corrected chi connectivity index (χ1v) is 8.26. The summed E-state index contributed by atoms with van der Waals surface area (Å²) < 4.78 is 13.4. The Hall–Kier alpha value is -2.70. The largest absolute Gasteiger partial charge is 0.508 e. The molecule has 0 aliphatic rings. The first-order chi connectivity index (χ1) is 12.0. The quantitative estimate of drug-likeness (QED) is 0.678. The number of aromatic hydroxyl groups is 1. The van der Waals surface area contributed by atoms with Gasteiger partial charge in [-0.05, 0) is 56.5 Å². The molecule has 7 heteroatoms. The molecule has 0 aliphatic carbocycles. The number of carboxylic acids is 1. The predicted molar refractivity (Wildman–Crippen MR) is 92.0 cm³/mol. The van der Waals surface area contributed by atoms with Crippen LogP contribution in [0.4, 0.5) is 10.2 Å². The van der Waals surface area contributed by atoms with E-state index in [1.54, 1.807) is 0 Å². The summed E-state index contributed by atoms with van der Waals surface area (Å²) in [7, 11) is 0. The van der Waals surface area contributed by atoms with Gasteiger partial charge in [-0.25, -0.2) is 4.39 Å². The number of phenolic OH excluding ortho intramolecular Hbond substituents is 1. The van der Waals surface area contributed by atoms with Crippen LogP contribution in [-0.2, 0) is 17.8 Å². The fraction of sp³-hybridized carbons (Fsp3) is 0.389. The molecule has 134 valence electrons. The molecule has 0 saturated carbocycles. The summed E-state index contributed by atoms with van der Waals surface area (Å²) in [5.74, 6) is -0.504. The molecule has 25 heavy (non-hydrogen) atoms. The van der Waals surface area contributed by atoms with Gasteiger partial charge in [0, 0.05) is 25.1 Å². The lowest BCUT2D eigenvalue weighted by atomic mass is 10.1. The van der Waals surface area contributed by atoms with Crippen LogP contribution < -0.4 is 4.90 Å². The van der Waals surface area contributed by atoms with Crippen molar-refractivity contribution in [2.24, 2.45) is 0 Å². The molecule has 1 aromatic carbocycles. The molecule has 1 aromatic heterocycles. The highest BCUT2D eigenvalue weighted by atomic mass is 19.1. The summed E-state index contributed by atoms with van der Waals surface area (Å²) in [6, 6.07) is 7.55. The molecule has 0 radical (unpaired) electrons. The van der Waals surface area contributed by atoms with Crippen molar-refractivity contribution >= 4 is 11.8 Å². The van der Waals surface area contributed by atoms with Gasteiger partial charge >= 0.3 is 5.97 Å². The number of carboxylic acid groups (broad SMARTS) is 1. The number of unbranched alkanes of at least 4 members (excludes halogenated alkanes) is 1. The first kappa shape index (κ1) is 18.6. The van der Waals surface area contributed by atoms with Crippen LogP contribution >= 0.6 is 0 Å². The van der Waals surface area contributed by atoms with Crippen LogP contribution in [0, 0.1) is 5.82 Å². The van der Waals surface area contributed by atoms with Crippen LogP contribution in [0.1, 0.15) is 37.4 Å². The van der Waals surface area contributed by atoms with Crippen LogP contribution in [0.15, 0.2) is 30.3 Å². The Labute approximate surface area is 145 Å². The van der Waals surface area contributed by atoms with Crippen molar-refractivity contribution in [2.75, 3.05) is 11.4 Å². The Morgan fingerprint density at radius 1 is 1.20 bits per heavy atom. The van der Waals surface area contributed by atoms with Crippen LogP contribution in [0.2, 0.25) is 0 Å². The van der Waals surface area contributed by atoms with Gasteiger partial charge in [0.25, 0.3) is 0 Å². The van der Waals surface area contributed by atoms with E-state index in [2.05, 4.69) is 10.2 Å². The molecule has 0 unspecified atom stereocenters. The Balaban J connectivity index is 1.98. The average Bonchev–Trinajstić information content (AvgIpc) is 2.60. The number of phenols is 1. The molecule has 0 bridgehead atoms. The first-order valence-electron chi connectivity index (χ1n) is 8.26. The van der Waals surface area contributed by atoms with Gasteiger partial charge in [-0.2, -0.15) is 5.10 Å². The molecule has 0 fully saturated rings. The van der Waals surface area contributed by atoms with Gasteiger partial charge in [-0.1, -0.05) is 0 Å². The fourth-order valence-corrected chi connectivity index (χ4v) is 2.48. The monoisotopic (exact) mass is 347 g/mol. The summed E-state index contributed by atoms with van der Waals surface area (Å²) >= 11 is 0. The normalized spacial score (nSPS) is 10.6. The summed E-state index contributed by atoms with van der Waals surface area (Å²) in [5, 5.41) is 26.8. The van der Waals surface area contributed by atoms with Gasteiger partial charge < -0.3 is 15.1 Å². The molecule has 0 spiro atoms. The van der Waals surface area contributed by atoms with E-state index in [1.807, 2.05) is 24.0 Å². The van der Waals surface area contributed by atoms with Gasteiger partial charge in [-0.15, -0.1) is 5.10 Å². The Morgan fingerprint density at radius 3 is 2.64 bits per heavy atom. The minimum atomic E-state index is -0.791. The second-order valence-corrected chi connectivity index (χ2v) is 5.77. The van der Waals surface area contributed by atoms with Gasteiger partial charge in [0.15, 0.2) is 5.82 Å². The second-order valence-electron chi connectivity index (χ2n) is 5.77. The molecular weight excluding hydrogens is 325 g/mol. The zero-order valence-corrected chi connectivity index (χ0v) is 14.2. The van der Waals surface area contributed by atoms with E-state index < -0.39 is 11.8 Å². The van der Waals surface area contributed by atoms with E-state index in [4.69, 9.17) is 5.11 Å². The SMILES string of the molecule is CCN(Cc1cc(F)ccc1O)c1ccc(CCCCC(=O)O)nn1. The van der Waals surface area contributed by atoms with E-state index in [0.717, 1.165) is 12.1 Å². The molecule has 0 aliphatic heterocycles. The zero-order chi connectivity index (χ0) is 18.2.